The maximum Gasteiger partial charge on any atom is 0.0468 e. The van der Waals surface area contributed by atoms with Crippen LogP contribution in [0.3, 0.4) is 0 Å². The number of para-hydroxylation sites is 2. The largest absolute Gasteiger partial charge is 0.311 e. The van der Waals surface area contributed by atoms with Crippen LogP contribution < -0.4 is 19.6 Å². The van der Waals surface area contributed by atoms with Crippen molar-refractivity contribution in [3.05, 3.63) is 510 Å². The molecule has 0 heterocycles. The van der Waals surface area contributed by atoms with E-state index >= 15 is 0 Å². The average molecular weight is 1580 g/mol. The van der Waals surface area contributed by atoms with Crippen LogP contribution in [0.2, 0.25) is 0 Å². The lowest BCUT2D eigenvalue weighted by molar-refractivity contribution is 1.26. The first kappa shape index (κ1) is 75.1. The lowest BCUT2D eigenvalue weighted by atomic mass is 9.86. The molecule has 0 atom stereocenters. The van der Waals surface area contributed by atoms with E-state index < -0.39 is 0 Å². The predicted octanol–water partition coefficient (Wildman–Crippen LogP) is 34.2. The third kappa shape index (κ3) is 14.8. The van der Waals surface area contributed by atoms with Gasteiger partial charge in [0, 0.05) is 68.2 Å². The third-order valence-electron chi connectivity index (χ3n) is 24.0. The topological polar surface area (TPSA) is 13.0 Å². The van der Waals surface area contributed by atoms with Gasteiger partial charge in [-0.2, -0.15) is 0 Å². The fraction of sp³-hybridized carbons (Fsp3) is 0. The van der Waals surface area contributed by atoms with Gasteiger partial charge in [0.1, 0.15) is 0 Å². The molecule has 0 saturated heterocycles. The van der Waals surface area contributed by atoms with E-state index in [2.05, 4.69) is 529 Å². The summed E-state index contributed by atoms with van der Waals surface area (Å²) in [5, 5.41) is 14.9. The smallest absolute Gasteiger partial charge is 0.0468 e. The quantitative estimate of drug-likeness (QED) is 0.0794. The Morgan fingerprint density at radius 2 is 0.250 bits per heavy atom. The van der Waals surface area contributed by atoms with Gasteiger partial charge in [-0.15, -0.1) is 0 Å². The predicted molar refractivity (Wildman–Crippen MR) is 529 cm³/mol. The van der Waals surface area contributed by atoms with Crippen molar-refractivity contribution in [1.29, 1.82) is 0 Å². The van der Waals surface area contributed by atoms with Crippen molar-refractivity contribution >= 4 is 133 Å². The van der Waals surface area contributed by atoms with Crippen LogP contribution in [0.4, 0.5) is 68.2 Å². The first-order chi connectivity index (χ1) is 61.5. The van der Waals surface area contributed by atoms with Crippen LogP contribution in [-0.4, -0.2) is 0 Å². The lowest BCUT2D eigenvalue weighted by Gasteiger charge is -2.29. The number of rotatable bonds is 18. The maximum atomic E-state index is 2.36. The molecule has 0 aromatic heterocycles. The summed E-state index contributed by atoms with van der Waals surface area (Å²) in [5.74, 6) is 0. The first-order valence-electron chi connectivity index (χ1n) is 42.5. The Morgan fingerprint density at radius 1 is 0.0968 bits per heavy atom. The summed E-state index contributed by atoms with van der Waals surface area (Å²) in [6.07, 6.45) is 0. The van der Waals surface area contributed by atoms with Crippen LogP contribution in [0.15, 0.2) is 510 Å². The zero-order chi connectivity index (χ0) is 82.5. The molecule has 0 unspecified atom stereocenters. The number of hydrogen-bond acceptors (Lipinski definition) is 4. The zero-order valence-corrected chi connectivity index (χ0v) is 68.3. The van der Waals surface area contributed by atoms with Crippen LogP contribution >= 0.6 is 0 Å². The summed E-state index contributed by atoms with van der Waals surface area (Å²) in [6, 6.07) is 184. The number of hydrogen-bond donors (Lipinski definition) is 0. The molecule has 0 amide bonds. The normalized spacial score (nSPS) is 11.2. The monoisotopic (exact) mass is 1580 g/mol. The van der Waals surface area contributed by atoms with Gasteiger partial charge < -0.3 is 19.6 Å². The minimum absolute atomic E-state index is 1.07. The molecule has 584 valence electrons. The van der Waals surface area contributed by atoms with Gasteiger partial charge in [-0.05, 0) is 277 Å². The molecule has 22 rings (SSSR count). The molecule has 0 fully saturated rings. The molecule has 22 aromatic carbocycles. The number of anilines is 12. The molecule has 0 aliphatic rings. The van der Waals surface area contributed by atoms with Crippen molar-refractivity contribution in [3.63, 3.8) is 0 Å². The minimum Gasteiger partial charge on any atom is -0.311 e. The molecular weight excluding hydrogens is 1500 g/mol. The zero-order valence-electron chi connectivity index (χ0n) is 68.3. The second kappa shape index (κ2) is 33.8. The highest BCUT2D eigenvalue weighted by Gasteiger charge is 2.24. The fourth-order valence-corrected chi connectivity index (χ4v) is 18.2. The van der Waals surface area contributed by atoms with Crippen LogP contribution in [-0.2, 0) is 0 Å². The van der Waals surface area contributed by atoms with Crippen molar-refractivity contribution in [1.82, 2.24) is 0 Å². The molecule has 22 aromatic rings. The number of benzene rings is 22. The molecule has 0 aliphatic heterocycles. The molecule has 0 N–H and O–H groups in total. The third-order valence-corrected chi connectivity index (χ3v) is 24.0. The molecule has 0 spiro atoms. The Kier molecular flexibility index (Phi) is 20.5. The highest BCUT2D eigenvalue weighted by atomic mass is 15.2. The van der Waals surface area contributed by atoms with E-state index in [1.165, 1.54) is 131 Å². The van der Waals surface area contributed by atoms with Crippen molar-refractivity contribution in [2.24, 2.45) is 0 Å². The van der Waals surface area contributed by atoms with E-state index in [1.807, 2.05) is 0 Å². The van der Waals surface area contributed by atoms with E-state index in [1.54, 1.807) is 0 Å². The van der Waals surface area contributed by atoms with Crippen LogP contribution in [0.5, 0.6) is 0 Å². The van der Waals surface area contributed by atoms with Crippen LogP contribution in [0, 0.1) is 0 Å². The highest BCUT2D eigenvalue weighted by Crippen LogP contribution is 2.49. The van der Waals surface area contributed by atoms with Gasteiger partial charge in [-0.1, -0.05) is 364 Å². The van der Waals surface area contributed by atoms with Crippen molar-refractivity contribution < 1.29 is 0 Å². The summed E-state index contributed by atoms with van der Waals surface area (Å²) >= 11 is 0. The van der Waals surface area contributed by atoms with Crippen molar-refractivity contribution in [3.8, 4) is 66.8 Å². The molecule has 0 radical (unpaired) electrons. The van der Waals surface area contributed by atoms with Crippen molar-refractivity contribution in [2.45, 2.75) is 0 Å². The van der Waals surface area contributed by atoms with Crippen LogP contribution in [0.1, 0.15) is 0 Å². The molecular formula is C120H84N4. The number of fused-ring (bicyclic) bond motifs is 6. The summed E-state index contributed by atoms with van der Waals surface area (Å²) in [6.45, 7) is 0. The van der Waals surface area contributed by atoms with E-state index in [0.717, 1.165) is 68.2 Å². The maximum absolute atomic E-state index is 2.36. The van der Waals surface area contributed by atoms with E-state index in [4.69, 9.17) is 0 Å². The molecule has 0 saturated carbocycles. The summed E-state index contributed by atoms with van der Waals surface area (Å²) in [4.78, 5) is 9.39. The summed E-state index contributed by atoms with van der Waals surface area (Å²) in [7, 11) is 0. The standard InChI is InChI=1S/C62H44N2.C58H40N2/c1-5-17-45(18-6-1)47-29-35-52(36-30-47)64(53-37-31-48(32-38-53)46-19-7-2-8-20-46)56-43-41-55(42-44-56)63(51-23-11-4-12-24-51)54-39-33-50(34-40-54)62-59-27-15-13-25-57(59)61(49-21-9-3-10-22-49)58-26-14-16-28-60(58)62;1-3-17-43(18-4-1)57-53-23-11-13-25-55(53)58(56-26-14-12-24-54(56)57)44-29-31-48(32-30-44)59(47-21-5-2-6-22-47)49-35-37-50(38-36-49)60(51-33-27-41-15-7-9-19-45(41)39-51)52-34-28-42-16-8-10-20-46(42)40-52/h1-44H;1-40H. The summed E-state index contributed by atoms with van der Waals surface area (Å²) in [5.41, 5.74) is 27.8. The van der Waals surface area contributed by atoms with Gasteiger partial charge in [0.2, 0.25) is 0 Å². The Hall–Kier alpha value is -16.4. The van der Waals surface area contributed by atoms with Gasteiger partial charge in [0.05, 0.1) is 0 Å². The summed E-state index contributed by atoms with van der Waals surface area (Å²) < 4.78 is 0. The van der Waals surface area contributed by atoms with Gasteiger partial charge in [0.15, 0.2) is 0 Å². The Bertz CT molecular complexity index is 7250. The fourth-order valence-electron chi connectivity index (χ4n) is 18.2. The molecule has 4 heteroatoms. The second-order valence-electron chi connectivity index (χ2n) is 31.4. The number of nitrogens with zero attached hydrogens (tertiary/aromatic N) is 4. The molecule has 0 bridgehead atoms. The molecule has 124 heavy (non-hydrogen) atoms. The average Bonchev–Trinajstić information content (AvgIpc) is 0.737. The van der Waals surface area contributed by atoms with E-state index in [9.17, 15) is 0 Å². The molecule has 0 aliphatic carbocycles. The van der Waals surface area contributed by atoms with Gasteiger partial charge in [-0.25, -0.2) is 0 Å². The molecule has 4 nitrogen and oxygen atoms in total. The highest BCUT2D eigenvalue weighted by molar-refractivity contribution is 6.23. The lowest BCUT2D eigenvalue weighted by Crippen LogP contribution is -2.12. The van der Waals surface area contributed by atoms with Gasteiger partial charge in [0.25, 0.3) is 0 Å². The first-order valence-corrected chi connectivity index (χ1v) is 42.5. The Balaban J connectivity index is 0.000000152. The van der Waals surface area contributed by atoms with Crippen molar-refractivity contribution in [2.75, 3.05) is 19.6 Å². The van der Waals surface area contributed by atoms with Crippen LogP contribution in [0.25, 0.3) is 131 Å². The Labute approximate surface area is 723 Å². The minimum atomic E-state index is 1.07. The Morgan fingerprint density at radius 3 is 0.500 bits per heavy atom. The van der Waals surface area contributed by atoms with Gasteiger partial charge >= 0.3 is 0 Å². The second-order valence-corrected chi connectivity index (χ2v) is 31.4. The SMILES string of the molecule is c1ccc(-c2c3ccccc3c(-c3ccc(N(c4ccccc4)c4ccc(N(c5ccc6ccccc6c5)c5ccc6ccccc6c5)cc4)cc3)c3ccccc23)cc1.c1ccc(-c2ccc(N(c3ccc(-c4ccccc4)cc3)c3ccc(N(c4ccccc4)c4ccc(-c5c6ccccc6c(-c6ccccc6)c6ccccc56)cc4)cc3)cc2)cc1. The van der Waals surface area contributed by atoms with Gasteiger partial charge in [-0.3, -0.25) is 0 Å². The van der Waals surface area contributed by atoms with E-state index in [0.29, 0.717) is 0 Å². The van der Waals surface area contributed by atoms with E-state index in [-0.39, 0.29) is 0 Å².